The van der Waals surface area contributed by atoms with Gasteiger partial charge < -0.3 is 15.0 Å². The lowest BCUT2D eigenvalue weighted by Crippen LogP contribution is -2.34. The van der Waals surface area contributed by atoms with Gasteiger partial charge in [0.1, 0.15) is 5.60 Å². The first-order valence-electron chi connectivity index (χ1n) is 9.33. The number of benzene rings is 2. The number of para-hydroxylation sites is 1. The highest BCUT2D eigenvalue weighted by molar-refractivity contribution is 5.93. The molecule has 8 heteroatoms. The molecule has 2 aromatic carbocycles. The Kier molecular flexibility index (Phi) is 7.12. The van der Waals surface area contributed by atoms with Crippen LogP contribution in [0.2, 0.25) is 0 Å². The van der Waals surface area contributed by atoms with E-state index >= 15 is 0 Å². The van der Waals surface area contributed by atoms with E-state index in [9.17, 15) is 22.8 Å². The van der Waals surface area contributed by atoms with Crippen LogP contribution >= 0.6 is 0 Å². The van der Waals surface area contributed by atoms with Crippen molar-refractivity contribution in [2.24, 2.45) is 0 Å². The minimum atomic E-state index is -4.47. The second kappa shape index (κ2) is 9.19. The first-order valence-corrected chi connectivity index (χ1v) is 9.33. The summed E-state index contributed by atoms with van der Waals surface area (Å²) >= 11 is 0. The Labute approximate surface area is 173 Å². The molecule has 162 valence electrons. The van der Waals surface area contributed by atoms with E-state index in [1.165, 1.54) is 17.0 Å². The molecule has 0 fully saturated rings. The van der Waals surface area contributed by atoms with Gasteiger partial charge in [0.2, 0.25) is 5.91 Å². The third kappa shape index (κ3) is 7.09. The number of alkyl halides is 3. The normalized spacial score (nSPS) is 11.7. The van der Waals surface area contributed by atoms with E-state index in [1.807, 2.05) is 0 Å². The fourth-order valence-corrected chi connectivity index (χ4v) is 2.68. The molecule has 0 heterocycles. The van der Waals surface area contributed by atoms with Crippen LogP contribution < -0.4 is 5.32 Å². The van der Waals surface area contributed by atoms with Crippen LogP contribution in [0.3, 0.4) is 0 Å². The third-order valence-electron chi connectivity index (χ3n) is 4.02. The van der Waals surface area contributed by atoms with E-state index in [0.29, 0.717) is 11.3 Å². The summed E-state index contributed by atoms with van der Waals surface area (Å²) in [6, 6.07) is 11.6. The van der Waals surface area contributed by atoms with Crippen molar-refractivity contribution in [2.45, 2.75) is 45.5 Å². The molecule has 2 rings (SSSR count). The highest BCUT2D eigenvalue weighted by Gasteiger charge is 2.30. The molecule has 0 aliphatic heterocycles. The number of hydrogen-bond donors (Lipinski definition) is 1. The van der Waals surface area contributed by atoms with Gasteiger partial charge in [-0.3, -0.25) is 4.79 Å². The van der Waals surface area contributed by atoms with E-state index in [0.717, 1.165) is 12.1 Å². The average Bonchev–Trinajstić information content (AvgIpc) is 2.61. The van der Waals surface area contributed by atoms with Crippen molar-refractivity contribution in [3.8, 4) is 0 Å². The van der Waals surface area contributed by atoms with Crippen LogP contribution in [0.1, 0.15) is 37.5 Å². The van der Waals surface area contributed by atoms with Crippen molar-refractivity contribution in [1.29, 1.82) is 0 Å². The molecule has 0 aromatic heterocycles. The molecule has 0 aliphatic carbocycles. The number of carbonyl (C=O) groups is 2. The average molecular weight is 422 g/mol. The van der Waals surface area contributed by atoms with Gasteiger partial charge >= 0.3 is 12.3 Å². The van der Waals surface area contributed by atoms with Crippen molar-refractivity contribution < 1.29 is 27.5 Å². The molecule has 0 spiro atoms. The summed E-state index contributed by atoms with van der Waals surface area (Å²) in [6.45, 7) is 5.48. The number of carbonyl (C=O) groups excluding carboxylic acids is 2. The summed E-state index contributed by atoms with van der Waals surface area (Å²) in [4.78, 5) is 26.0. The summed E-state index contributed by atoms with van der Waals surface area (Å²) in [5.41, 5.74) is -0.0321. The highest BCUT2D eigenvalue weighted by Crippen LogP contribution is 2.29. The lowest BCUT2D eigenvalue weighted by Gasteiger charge is -2.25. The summed E-state index contributed by atoms with van der Waals surface area (Å²) in [5.74, 6) is -0.457. The third-order valence-corrected chi connectivity index (χ3v) is 4.02. The molecular formula is C22H25F3N2O3. The Balaban J connectivity index is 2.07. The molecule has 0 aliphatic rings. The lowest BCUT2D eigenvalue weighted by atomic mass is 10.1. The first-order chi connectivity index (χ1) is 13.8. The van der Waals surface area contributed by atoms with Crippen LogP contribution in [0, 0.1) is 0 Å². The Hall–Kier alpha value is -3.03. The topological polar surface area (TPSA) is 58.6 Å². The van der Waals surface area contributed by atoms with Gasteiger partial charge in [-0.25, -0.2) is 4.79 Å². The number of hydrogen-bond acceptors (Lipinski definition) is 3. The maximum absolute atomic E-state index is 12.9. The van der Waals surface area contributed by atoms with E-state index in [4.69, 9.17) is 4.74 Å². The lowest BCUT2D eigenvalue weighted by molar-refractivity contribution is -0.137. The van der Waals surface area contributed by atoms with Crippen LogP contribution in [0.5, 0.6) is 0 Å². The summed E-state index contributed by atoms with van der Waals surface area (Å²) in [6.07, 6.45) is -5.18. The second-order valence-electron chi connectivity index (χ2n) is 7.92. The summed E-state index contributed by atoms with van der Waals surface area (Å²) in [7, 11) is 1.58. The van der Waals surface area contributed by atoms with E-state index in [-0.39, 0.29) is 18.5 Å². The highest BCUT2D eigenvalue weighted by atomic mass is 19.4. The standard InChI is InChI=1S/C22H25F3N2O3/c1-21(2,3)30-20(29)27(4)14-16-9-5-6-11-18(16)26-19(28)13-15-8-7-10-17(12-15)22(23,24)25/h5-12H,13-14H2,1-4H3,(H,26,28). The zero-order valence-corrected chi connectivity index (χ0v) is 17.3. The zero-order valence-electron chi connectivity index (χ0n) is 17.3. The fraction of sp³-hybridized carbons (Fsp3) is 0.364. The quantitative estimate of drug-likeness (QED) is 0.716. The molecule has 2 amide bonds. The van der Waals surface area contributed by atoms with Crippen LogP contribution in [0.15, 0.2) is 48.5 Å². The van der Waals surface area contributed by atoms with Crippen molar-refractivity contribution in [3.05, 3.63) is 65.2 Å². The predicted octanol–water partition coefficient (Wildman–Crippen LogP) is 5.25. The molecule has 0 bridgehead atoms. The molecule has 0 saturated carbocycles. The van der Waals surface area contributed by atoms with E-state index in [1.54, 1.807) is 52.1 Å². The van der Waals surface area contributed by atoms with Gasteiger partial charge in [-0.1, -0.05) is 36.4 Å². The Morgan fingerprint density at radius 2 is 1.70 bits per heavy atom. The van der Waals surface area contributed by atoms with Gasteiger partial charge in [0.05, 0.1) is 18.5 Å². The molecule has 0 atom stereocenters. The number of halogens is 3. The largest absolute Gasteiger partial charge is 0.444 e. The molecule has 0 radical (unpaired) electrons. The molecule has 5 nitrogen and oxygen atoms in total. The molecule has 0 saturated heterocycles. The number of anilines is 1. The summed E-state index contributed by atoms with van der Waals surface area (Å²) < 4.78 is 43.9. The molecular weight excluding hydrogens is 397 g/mol. The van der Waals surface area contributed by atoms with Gasteiger partial charge in [-0.15, -0.1) is 0 Å². The summed E-state index contributed by atoms with van der Waals surface area (Å²) in [5, 5.41) is 2.71. The molecule has 1 N–H and O–H groups in total. The minimum absolute atomic E-state index is 0.189. The number of rotatable bonds is 5. The van der Waals surface area contributed by atoms with Gasteiger partial charge in [0.25, 0.3) is 0 Å². The fourth-order valence-electron chi connectivity index (χ4n) is 2.68. The van der Waals surface area contributed by atoms with Gasteiger partial charge in [-0.05, 0) is 44.0 Å². The van der Waals surface area contributed by atoms with E-state index in [2.05, 4.69) is 5.32 Å². The van der Waals surface area contributed by atoms with Gasteiger partial charge in [0, 0.05) is 12.7 Å². The SMILES string of the molecule is CN(Cc1ccccc1NC(=O)Cc1cccc(C(F)(F)F)c1)C(=O)OC(C)(C)C. The van der Waals surface area contributed by atoms with Gasteiger partial charge in [-0.2, -0.15) is 13.2 Å². The van der Waals surface area contributed by atoms with Crippen LogP contribution in [0.4, 0.5) is 23.7 Å². The number of nitrogens with zero attached hydrogens (tertiary/aromatic N) is 1. The molecule has 0 unspecified atom stereocenters. The molecule has 30 heavy (non-hydrogen) atoms. The van der Waals surface area contributed by atoms with E-state index < -0.39 is 29.3 Å². The van der Waals surface area contributed by atoms with Crippen LogP contribution in [-0.2, 0) is 28.7 Å². The van der Waals surface area contributed by atoms with Crippen molar-refractivity contribution in [1.82, 2.24) is 4.90 Å². The number of nitrogens with one attached hydrogen (secondary N) is 1. The first kappa shape index (κ1) is 23.3. The minimum Gasteiger partial charge on any atom is -0.444 e. The zero-order chi connectivity index (χ0) is 22.5. The van der Waals surface area contributed by atoms with Crippen molar-refractivity contribution in [2.75, 3.05) is 12.4 Å². The second-order valence-corrected chi connectivity index (χ2v) is 7.92. The molecule has 2 aromatic rings. The number of ether oxygens (including phenoxy) is 1. The predicted molar refractivity (Wildman–Crippen MR) is 108 cm³/mol. The smallest absolute Gasteiger partial charge is 0.416 e. The van der Waals surface area contributed by atoms with Crippen molar-refractivity contribution >= 4 is 17.7 Å². The monoisotopic (exact) mass is 422 g/mol. The van der Waals surface area contributed by atoms with Gasteiger partial charge in [0.15, 0.2) is 0 Å². The van der Waals surface area contributed by atoms with Crippen LogP contribution in [0.25, 0.3) is 0 Å². The van der Waals surface area contributed by atoms with Crippen molar-refractivity contribution in [3.63, 3.8) is 0 Å². The maximum Gasteiger partial charge on any atom is 0.416 e. The Morgan fingerprint density at radius 1 is 1.03 bits per heavy atom. The maximum atomic E-state index is 12.9. The van der Waals surface area contributed by atoms with Crippen LogP contribution in [-0.4, -0.2) is 29.5 Å². The number of amides is 2. The Bertz CT molecular complexity index is 905. The Morgan fingerprint density at radius 3 is 2.33 bits per heavy atom.